The maximum absolute atomic E-state index is 13.2. The van der Waals surface area contributed by atoms with Crippen LogP contribution < -0.4 is 19.7 Å². The maximum atomic E-state index is 13.2. The molecular formula is C23H27N4O11PS2. The summed E-state index contributed by atoms with van der Waals surface area (Å²) in [6.45, 7) is 1.60. The quantitative estimate of drug-likeness (QED) is 0.0852. The van der Waals surface area contributed by atoms with Crippen molar-refractivity contribution in [3.8, 4) is 11.5 Å². The number of thiol groups is 1. The Morgan fingerprint density at radius 2 is 1.76 bits per heavy atom. The monoisotopic (exact) mass is 630 g/mol. The molecule has 18 heteroatoms. The molecule has 15 nitrogen and oxygen atoms in total. The van der Waals surface area contributed by atoms with Gasteiger partial charge >= 0.3 is 11.9 Å². The van der Waals surface area contributed by atoms with Gasteiger partial charge in [-0.2, -0.15) is 0 Å². The van der Waals surface area contributed by atoms with Gasteiger partial charge < -0.3 is 28.8 Å². The van der Waals surface area contributed by atoms with E-state index in [4.69, 9.17) is 38.3 Å². The molecule has 0 radical (unpaired) electrons. The van der Waals surface area contributed by atoms with Crippen molar-refractivity contribution >= 4 is 52.4 Å². The van der Waals surface area contributed by atoms with Gasteiger partial charge in [0.05, 0.1) is 25.0 Å². The van der Waals surface area contributed by atoms with Crippen molar-refractivity contribution in [1.29, 1.82) is 0 Å². The number of rotatable bonds is 13. The first kappa shape index (κ1) is 32.0. The predicted octanol–water partition coefficient (Wildman–Crippen LogP) is 2.25. The highest BCUT2D eigenvalue weighted by molar-refractivity contribution is 8.65. The van der Waals surface area contributed by atoms with E-state index in [2.05, 4.69) is 14.3 Å². The second-order valence-corrected chi connectivity index (χ2v) is 15.0. The van der Waals surface area contributed by atoms with Crippen LogP contribution in [0.5, 0.6) is 11.5 Å². The van der Waals surface area contributed by atoms with Crippen molar-refractivity contribution in [3.63, 3.8) is 0 Å². The number of benzene rings is 2. The summed E-state index contributed by atoms with van der Waals surface area (Å²) in [4.78, 5) is 56.9. The average molecular weight is 631 g/mol. The molecule has 0 amide bonds. The van der Waals surface area contributed by atoms with E-state index in [9.17, 15) is 29.8 Å². The molecule has 0 aliphatic carbocycles. The third-order valence-corrected chi connectivity index (χ3v) is 10.6. The summed E-state index contributed by atoms with van der Waals surface area (Å²) in [6.07, 6.45) is -2.40. The van der Waals surface area contributed by atoms with Gasteiger partial charge in [-0.1, -0.05) is 11.8 Å². The Hall–Kier alpha value is -3.50. The van der Waals surface area contributed by atoms with Crippen molar-refractivity contribution in [1.82, 2.24) is 4.67 Å². The molecule has 2 unspecified atom stereocenters. The van der Waals surface area contributed by atoms with E-state index in [1.165, 1.54) is 12.1 Å². The van der Waals surface area contributed by atoms with Crippen LogP contribution in [0.25, 0.3) is 0 Å². The number of carbonyl (C=O) groups is 2. The molecular weight excluding hydrogens is 603 g/mol. The fourth-order valence-electron chi connectivity index (χ4n) is 3.65. The number of nitrogens with zero attached hydrogens (tertiary/aromatic N) is 4. The summed E-state index contributed by atoms with van der Waals surface area (Å²) in [5, 5.41) is 17.2. The van der Waals surface area contributed by atoms with Crippen molar-refractivity contribution in [2.45, 2.75) is 12.5 Å². The largest absolute Gasteiger partial charge is 0.426 e. The Kier molecular flexibility index (Phi) is 11.3. The first-order chi connectivity index (χ1) is 19.4. The molecule has 1 aliphatic rings. The highest BCUT2D eigenvalue weighted by Gasteiger charge is 2.27. The Morgan fingerprint density at radius 3 is 2.34 bits per heavy atom. The number of ether oxygens (including phenoxy) is 3. The van der Waals surface area contributed by atoms with Crippen molar-refractivity contribution in [2.24, 2.45) is 0 Å². The minimum atomic E-state index is -2.33. The number of hydrogen-bond acceptors (Lipinski definition) is 13. The van der Waals surface area contributed by atoms with Gasteiger partial charge in [0.1, 0.15) is 29.8 Å². The Morgan fingerprint density at radius 1 is 1.10 bits per heavy atom. The highest BCUT2D eigenvalue weighted by atomic mass is 32.9. The maximum Gasteiger partial charge on any atom is 0.347 e. The number of carbonyl (C=O) groups excluding carboxylic acids is 2. The summed E-state index contributed by atoms with van der Waals surface area (Å²) >= 11 is 10.6. The lowest BCUT2D eigenvalue weighted by Crippen LogP contribution is -2.35. The van der Waals surface area contributed by atoms with E-state index >= 15 is 0 Å². The molecule has 222 valence electrons. The Labute approximate surface area is 244 Å². The molecule has 0 saturated carbocycles. The summed E-state index contributed by atoms with van der Waals surface area (Å²) in [7, 11) is 3.47. The zero-order valence-corrected chi connectivity index (χ0v) is 24.5. The van der Waals surface area contributed by atoms with E-state index in [1.54, 1.807) is 49.3 Å². The van der Waals surface area contributed by atoms with Gasteiger partial charge in [-0.25, -0.2) is 4.79 Å². The van der Waals surface area contributed by atoms with Gasteiger partial charge in [0, 0.05) is 38.2 Å². The summed E-state index contributed by atoms with van der Waals surface area (Å²) < 4.78 is 18.3. The SMILES string of the molecule is CN(C)c1ccc(OC(=O)CC(CO[N+](=O)[O-])O[N+](=O)[O-])c(C(=O)Oc2ccc(P(=S)(S)N3CCOCC3)cc2)c1. The Balaban J connectivity index is 1.76. The van der Waals surface area contributed by atoms with E-state index in [0.717, 1.165) is 5.30 Å². The van der Waals surface area contributed by atoms with Crippen LogP contribution in [0.15, 0.2) is 42.5 Å². The second-order valence-electron chi connectivity index (χ2n) is 8.72. The van der Waals surface area contributed by atoms with Crippen LogP contribution in [0.3, 0.4) is 0 Å². The van der Waals surface area contributed by atoms with Crippen LogP contribution in [0.1, 0.15) is 16.8 Å². The summed E-state index contributed by atoms with van der Waals surface area (Å²) in [6, 6.07) is 11.0. The predicted molar refractivity (Wildman–Crippen MR) is 153 cm³/mol. The lowest BCUT2D eigenvalue weighted by Gasteiger charge is -2.34. The standard InChI is InChI=1S/C23H27N4O11PS2/c1-24(2)16-3-8-21(37-22(28)14-18(38-27(32)33)15-35-26(30)31)20(13-16)23(29)36-17-4-6-19(7-5-17)39(40,41)25-9-11-34-12-10-25/h3-8,13,18H,9-12,14-15H2,1-2H3,(H,40,41). The fraction of sp³-hybridized carbons (Fsp3) is 0.391. The van der Waals surface area contributed by atoms with Gasteiger partial charge in [-0.15, -0.1) is 32.5 Å². The lowest BCUT2D eigenvalue weighted by atomic mass is 10.1. The normalized spacial score (nSPS) is 15.6. The zero-order valence-electron chi connectivity index (χ0n) is 21.9. The van der Waals surface area contributed by atoms with Crippen molar-refractivity contribution < 1.29 is 43.6 Å². The van der Waals surface area contributed by atoms with Crippen LogP contribution in [0, 0.1) is 20.2 Å². The molecule has 0 spiro atoms. The third-order valence-electron chi connectivity index (χ3n) is 5.67. The minimum Gasteiger partial charge on any atom is -0.426 e. The molecule has 1 heterocycles. The molecule has 2 atom stereocenters. The Bertz CT molecular complexity index is 1320. The van der Waals surface area contributed by atoms with E-state index < -0.39 is 46.6 Å². The molecule has 1 aliphatic heterocycles. The first-order valence-corrected chi connectivity index (χ1v) is 15.9. The number of anilines is 1. The van der Waals surface area contributed by atoms with Crippen LogP contribution in [0.2, 0.25) is 0 Å². The van der Waals surface area contributed by atoms with Crippen LogP contribution in [-0.2, 0) is 31.0 Å². The van der Waals surface area contributed by atoms with Crippen LogP contribution in [0.4, 0.5) is 5.69 Å². The number of esters is 2. The lowest BCUT2D eigenvalue weighted by molar-refractivity contribution is -0.789. The number of hydrogen-bond donors (Lipinski definition) is 1. The smallest absolute Gasteiger partial charge is 0.347 e. The zero-order chi connectivity index (χ0) is 30.2. The van der Waals surface area contributed by atoms with Gasteiger partial charge in [0.25, 0.3) is 10.2 Å². The van der Waals surface area contributed by atoms with Crippen LogP contribution >= 0.6 is 17.6 Å². The first-order valence-electron chi connectivity index (χ1n) is 12.0. The molecule has 0 bridgehead atoms. The second kappa shape index (κ2) is 14.4. The summed E-state index contributed by atoms with van der Waals surface area (Å²) in [5.41, 5.74) is 0.469. The average Bonchev–Trinajstić information content (AvgIpc) is 2.92. The molecule has 0 N–H and O–H groups in total. The van der Waals surface area contributed by atoms with Gasteiger partial charge in [-0.05, 0) is 42.5 Å². The fourth-order valence-corrected chi connectivity index (χ4v) is 7.01. The van der Waals surface area contributed by atoms with E-state index in [1.807, 2.05) is 0 Å². The third kappa shape index (κ3) is 9.26. The van der Waals surface area contributed by atoms with E-state index in [0.29, 0.717) is 32.0 Å². The van der Waals surface area contributed by atoms with Crippen LogP contribution in [-0.4, -0.2) is 79.9 Å². The van der Waals surface area contributed by atoms with Crippen molar-refractivity contribution in [3.05, 3.63) is 68.3 Å². The van der Waals surface area contributed by atoms with Gasteiger partial charge in [-0.3, -0.25) is 9.46 Å². The minimum absolute atomic E-state index is 0.116. The molecule has 3 rings (SSSR count). The highest BCUT2D eigenvalue weighted by Crippen LogP contribution is 2.53. The van der Waals surface area contributed by atoms with E-state index in [-0.39, 0.29) is 17.1 Å². The number of morpholine rings is 1. The topological polar surface area (TPSA) is 173 Å². The van der Waals surface area contributed by atoms with Crippen molar-refractivity contribution in [2.75, 3.05) is 51.9 Å². The summed E-state index contributed by atoms with van der Waals surface area (Å²) in [5.74, 6) is -1.91. The molecule has 1 saturated heterocycles. The van der Waals surface area contributed by atoms with Gasteiger partial charge in [0.2, 0.25) is 0 Å². The molecule has 41 heavy (non-hydrogen) atoms. The molecule has 2 aromatic carbocycles. The van der Waals surface area contributed by atoms with Gasteiger partial charge in [0.15, 0.2) is 0 Å². The molecule has 0 aromatic heterocycles. The molecule has 2 aromatic rings. The molecule has 1 fully saturated rings.